The molecule has 0 aromatic heterocycles. The third-order valence-electron chi connectivity index (χ3n) is 4.83. The third kappa shape index (κ3) is 1.81. The molecular formula is C17H23Hf. The van der Waals surface area contributed by atoms with Gasteiger partial charge in [0.1, 0.15) is 0 Å². The molecule has 1 aromatic carbocycles. The number of hydrogen-bond acceptors (Lipinski definition) is 0. The van der Waals surface area contributed by atoms with Gasteiger partial charge < -0.3 is 0 Å². The molecule has 0 nitrogen and oxygen atoms in total. The fraction of sp³-hybridized carbons (Fsp3) is 0.529. The zero-order valence-corrected chi connectivity index (χ0v) is 15.4. The summed E-state index contributed by atoms with van der Waals surface area (Å²) in [5.41, 5.74) is 6.54. The Hall–Kier alpha value is -0.170. The van der Waals surface area contributed by atoms with E-state index in [0.717, 1.165) is 0 Å². The molecule has 2 aliphatic rings. The van der Waals surface area contributed by atoms with E-state index < -0.39 is 21.4 Å². The molecule has 0 spiro atoms. The Bertz CT molecular complexity index is 499. The van der Waals surface area contributed by atoms with Crippen molar-refractivity contribution in [3.8, 4) is 0 Å². The van der Waals surface area contributed by atoms with Gasteiger partial charge in [-0.15, -0.1) is 0 Å². The van der Waals surface area contributed by atoms with Crippen molar-refractivity contribution in [2.24, 2.45) is 0 Å². The van der Waals surface area contributed by atoms with Gasteiger partial charge in [0.15, 0.2) is 0 Å². The molecule has 1 aromatic rings. The SMILES string of the molecule is CCC[C]1([Hf]([CH3])[CH3])C=Cc2cc3c(cc21)CCC3. The normalized spacial score (nSPS) is 24.2. The number of allylic oxidation sites excluding steroid dienone is 1. The van der Waals surface area contributed by atoms with Gasteiger partial charge in [-0.25, -0.2) is 0 Å². The second kappa shape index (κ2) is 4.74. The molecule has 0 fully saturated rings. The van der Waals surface area contributed by atoms with Crippen molar-refractivity contribution in [3.63, 3.8) is 0 Å². The number of benzene rings is 1. The number of rotatable bonds is 3. The third-order valence-corrected chi connectivity index (χ3v) is 13.7. The summed E-state index contributed by atoms with van der Waals surface area (Å²) >= 11 is -1.48. The van der Waals surface area contributed by atoms with Crippen LogP contribution in [0.25, 0.3) is 6.08 Å². The van der Waals surface area contributed by atoms with Crippen LogP contribution in [0.2, 0.25) is 9.36 Å². The van der Waals surface area contributed by atoms with Gasteiger partial charge in [-0.3, -0.25) is 0 Å². The summed E-state index contributed by atoms with van der Waals surface area (Å²) in [5.74, 6) is 0. The fourth-order valence-electron chi connectivity index (χ4n) is 3.79. The van der Waals surface area contributed by atoms with E-state index in [0.29, 0.717) is 3.17 Å². The van der Waals surface area contributed by atoms with Crippen LogP contribution < -0.4 is 0 Å². The molecular weight excluding hydrogens is 383 g/mol. The van der Waals surface area contributed by atoms with Gasteiger partial charge >= 0.3 is 120 Å². The number of fused-ring (bicyclic) bond motifs is 2. The summed E-state index contributed by atoms with van der Waals surface area (Å²) in [5, 5.41) is 0. The molecule has 0 saturated carbocycles. The molecule has 2 aliphatic carbocycles. The first-order valence-electron chi connectivity index (χ1n) is 7.33. The predicted molar refractivity (Wildman–Crippen MR) is 75.8 cm³/mol. The molecule has 18 heavy (non-hydrogen) atoms. The summed E-state index contributed by atoms with van der Waals surface area (Å²) in [6.45, 7) is 2.34. The molecule has 0 radical (unpaired) electrons. The molecule has 1 atom stereocenters. The van der Waals surface area contributed by atoms with Crippen LogP contribution in [0.15, 0.2) is 18.2 Å². The monoisotopic (exact) mass is 407 g/mol. The van der Waals surface area contributed by atoms with Crippen LogP contribution in [0, 0.1) is 0 Å². The first-order valence-corrected chi connectivity index (χ1v) is 16.3. The van der Waals surface area contributed by atoms with Crippen LogP contribution in [0.5, 0.6) is 0 Å². The van der Waals surface area contributed by atoms with E-state index in [1.165, 1.54) is 32.1 Å². The number of hydrogen-bond donors (Lipinski definition) is 0. The summed E-state index contributed by atoms with van der Waals surface area (Å²) in [4.78, 5) is 0. The molecule has 1 unspecified atom stereocenters. The van der Waals surface area contributed by atoms with Gasteiger partial charge in [-0.2, -0.15) is 0 Å². The Morgan fingerprint density at radius 3 is 2.56 bits per heavy atom. The number of aryl methyl sites for hydroxylation is 2. The van der Waals surface area contributed by atoms with Gasteiger partial charge in [0.2, 0.25) is 0 Å². The predicted octanol–water partition coefficient (Wildman–Crippen LogP) is 4.91. The molecule has 95 valence electrons. The Kier molecular flexibility index (Phi) is 3.38. The van der Waals surface area contributed by atoms with E-state index in [9.17, 15) is 0 Å². The summed E-state index contributed by atoms with van der Waals surface area (Å²) in [6.07, 6.45) is 11.7. The van der Waals surface area contributed by atoms with E-state index in [-0.39, 0.29) is 0 Å². The molecule has 1 heteroatoms. The molecule has 0 amide bonds. The maximum atomic E-state index is 2.59. The van der Waals surface area contributed by atoms with Crippen LogP contribution in [0.1, 0.15) is 48.4 Å². The molecule has 3 rings (SSSR count). The van der Waals surface area contributed by atoms with Gasteiger partial charge in [-0.1, -0.05) is 0 Å². The molecule has 0 bridgehead atoms. The van der Waals surface area contributed by atoms with Gasteiger partial charge in [0.05, 0.1) is 0 Å². The van der Waals surface area contributed by atoms with E-state index in [4.69, 9.17) is 0 Å². The zero-order chi connectivity index (χ0) is 12.8. The molecule has 0 N–H and O–H groups in total. The molecule has 0 aliphatic heterocycles. The topological polar surface area (TPSA) is 0 Å². The van der Waals surface area contributed by atoms with Gasteiger partial charge in [0.25, 0.3) is 0 Å². The van der Waals surface area contributed by atoms with Crippen LogP contribution in [-0.4, -0.2) is 0 Å². The van der Waals surface area contributed by atoms with Crippen molar-refractivity contribution in [1.82, 2.24) is 0 Å². The second-order valence-corrected chi connectivity index (χ2v) is 16.5. The Morgan fingerprint density at radius 2 is 1.89 bits per heavy atom. The molecule has 0 saturated heterocycles. The van der Waals surface area contributed by atoms with E-state index >= 15 is 0 Å². The van der Waals surface area contributed by atoms with Crippen molar-refractivity contribution < 1.29 is 21.4 Å². The Balaban J connectivity index is 2.12. The van der Waals surface area contributed by atoms with Crippen LogP contribution >= 0.6 is 0 Å². The van der Waals surface area contributed by atoms with Crippen LogP contribution in [-0.2, 0) is 37.5 Å². The quantitative estimate of drug-likeness (QED) is 0.627. The van der Waals surface area contributed by atoms with Crippen molar-refractivity contribution in [1.29, 1.82) is 0 Å². The Labute approximate surface area is 119 Å². The Morgan fingerprint density at radius 1 is 1.17 bits per heavy atom. The summed E-state index contributed by atoms with van der Waals surface area (Å²) in [7, 11) is 0. The first kappa shape index (κ1) is 12.8. The average molecular weight is 406 g/mol. The van der Waals surface area contributed by atoms with Crippen molar-refractivity contribution in [3.05, 3.63) is 40.5 Å². The van der Waals surface area contributed by atoms with E-state index in [1.807, 2.05) is 0 Å². The zero-order valence-electron chi connectivity index (χ0n) is 11.8. The fourth-order valence-corrected chi connectivity index (χ4v) is 10.7. The summed E-state index contributed by atoms with van der Waals surface area (Å²) < 4.78 is 5.70. The second-order valence-electron chi connectivity index (χ2n) is 6.12. The minimum absolute atomic E-state index is 0.520. The average Bonchev–Trinajstić information content (AvgIpc) is 2.92. The molecule has 0 heterocycles. The van der Waals surface area contributed by atoms with Crippen LogP contribution in [0.3, 0.4) is 0 Å². The van der Waals surface area contributed by atoms with E-state index in [1.54, 1.807) is 22.3 Å². The first-order chi connectivity index (χ1) is 8.67. The van der Waals surface area contributed by atoms with E-state index in [2.05, 4.69) is 40.6 Å². The van der Waals surface area contributed by atoms with Crippen LogP contribution in [0.4, 0.5) is 0 Å². The van der Waals surface area contributed by atoms with Gasteiger partial charge in [0, 0.05) is 0 Å². The maximum absolute atomic E-state index is 2.59. The van der Waals surface area contributed by atoms with Gasteiger partial charge in [-0.05, 0) is 0 Å². The standard InChI is InChI=1S/C15H17.2CH3.Hf/c1-2-4-11-7-8-14-9-12-5-3-6-13(12)10-15(11)14;;;/h7-10H,2-6H2,1H3;2*1H3;. The minimum atomic E-state index is -1.48. The van der Waals surface area contributed by atoms with Crippen molar-refractivity contribution in [2.45, 2.75) is 51.6 Å². The summed E-state index contributed by atoms with van der Waals surface area (Å²) in [6, 6.07) is 5.09. The van der Waals surface area contributed by atoms with Crippen molar-refractivity contribution in [2.75, 3.05) is 0 Å². The van der Waals surface area contributed by atoms with Crippen molar-refractivity contribution >= 4 is 6.08 Å².